The van der Waals surface area contributed by atoms with Gasteiger partial charge in [-0.15, -0.1) is 0 Å². The van der Waals surface area contributed by atoms with Crippen LogP contribution in [0.1, 0.15) is 5.56 Å². The third-order valence-corrected chi connectivity index (χ3v) is 5.55. The minimum atomic E-state index is -1.00. The number of aromatic hydroxyl groups is 1. The molecule has 5 nitrogen and oxygen atoms in total. The van der Waals surface area contributed by atoms with Crippen LogP contribution >= 0.6 is 0 Å². The van der Waals surface area contributed by atoms with Crippen LogP contribution in [0, 0.1) is 0 Å². The molecule has 0 aliphatic carbocycles. The summed E-state index contributed by atoms with van der Waals surface area (Å²) in [6, 6.07) is 32.0. The molecule has 5 rings (SSSR count). The monoisotopic (exact) mass is 459 g/mol. The second-order valence-corrected chi connectivity index (χ2v) is 7.94. The van der Waals surface area contributed by atoms with Crippen molar-refractivity contribution in [2.45, 2.75) is 0 Å². The second-order valence-electron chi connectivity index (χ2n) is 7.94. The highest BCUT2D eigenvalue weighted by Gasteiger charge is 2.20. The first-order valence-electron chi connectivity index (χ1n) is 11.0. The van der Waals surface area contributed by atoms with Gasteiger partial charge in [-0.3, -0.25) is 0 Å². The number of carboxylic acid groups (broad SMARTS) is 1. The van der Waals surface area contributed by atoms with Crippen LogP contribution in [0.15, 0.2) is 109 Å². The van der Waals surface area contributed by atoms with Crippen LogP contribution in [-0.4, -0.2) is 21.2 Å². The molecule has 1 heterocycles. The summed E-state index contributed by atoms with van der Waals surface area (Å²) in [4.78, 5) is 15.8. The molecule has 0 saturated heterocycles. The van der Waals surface area contributed by atoms with Crippen LogP contribution in [-0.2, 0) is 4.79 Å². The molecule has 35 heavy (non-hydrogen) atoms. The predicted molar refractivity (Wildman–Crippen MR) is 137 cm³/mol. The van der Waals surface area contributed by atoms with Crippen molar-refractivity contribution in [3.8, 4) is 39.6 Å². The highest BCUT2D eigenvalue weighted by atomic mass is 16.5. The topological polar surface area (TPSA) is 79.7 Å². The largest absolute Gasteiger partial charge is 0.508 e. The Hall–Kier alpha value is -4.90. The van der Waals surface area contributed by atoms with E-state index < -0.39 is 5.97 Å². The van der Waals surface area contributed by atoms with Gasteiger partial charge in [0.05, 0.1) is 16.8 Å². The molecule has 0 saturated carbocycles. The summed E-state index contributed by atoms with van der Waals surface area (Å²) in [7, 11) is 0. The average Bonchev–Trinajstić information content (AvgIpc) is 2.89. The highest BCUT2D eigenvalue weighted by Crippen LogP contribution is 2.45. The normalized spacial score (nSPS) is 11.1. The first-order valence-corrected chi connectivity index (χ1v) is 11.0. The number of hydrogen-bond acceptors (Lipinski definition) is 4. The molecule has 0 bridgehead atoms. The standard InChI is InChI=1S/C30H21NO4/c32-23-14-17-25-26(19-23)31-29(22-9-5-2-6-10-22)28(21-7-3-1-4-8-21)30(25)35-24-15-11-20(12-16-24)13-18-27(33)34/h1-19,32H,(H,33,34)/b18-13+. The lowest BCUT2D eigenvalue weighted by Crippen LogP contribution is -1.97. The number of rotatable bonds is 6. The number of hydrogen-bond donors (Lipinski definition) is 2. The number of phenols is 1. The molecule has 5 aromatic rings. The Morgan fingerprint density at radius 2 is 1.46 bits per heavy atom. The summed E-state index contributed by atoms with van der Waals surface area (Å²) < 4.78 is 6.50. The minimum absolute atomic E-state index is 0.122. The third-order valence-electron chi connectivity index (χ3n) is 5.55. The number of pyridine rings is 1. The smallest absolute Gasteiger partial charge is 0.328 e. The summed E-state index contributed by atoms with van der Waals surface area (Å²) in [5.74, 6) is 0.331. The molecule has 0 amide bonds. The maximum Gasteiger partial charge on any atom is 0.328 e. The van der Waals surface area contributed by atoms with Gasteiger partial charge < -0.3 is 14.9 Å². The number of carboxylic acids is 1. The first kappa shape index (κ1) is 21.9. The maximum atomic E-state index is 10.8. The van der Waals surface area contributed by atoms with Gasteiger partial charge in [-0.2, -0.15) is 0 Å². The molecule has 0 fully saturated rings. The number of fused-ring (bicyclic) bond motifs is 1. The Morgan fingerprint density at radius 3 is 2.11 bits per heavy atom. The number of ether oxygens (including phenoxy) is 1. The van der Waals surface area contributed by atoms with Gasteiger partial charge in [-0.05, 0) is 41.5 Å². The SMILES string of the molecule is O=C(O)/C=C/c1ccc(Oc2c(-c3ccccc3)c(-c3ccccc3)nc3cc(O)ccc23)cc1. The summed E-state index contributed by atoms with van der Waals surface area (Å²) in [6.07, 6.45) is 2.62. The van der Waals surface area contributed by atoms with Crippen LogP contribution in [0.3, 0.4) is 0 Å². The fraction of sp³-hybridized carbons (Fsp3) is 0. The van der Waals surface area contributed by atoms with Gasteiger partial charge in [0.1, 0.15) is 17.2 Å². The zero-order valence-corrected chi connectivity index (χ0v) is 18.6. The zero-order valence-electron chi connectivity index (χ0n) is 18.6. The molecule has 0 aliphatic rings. The van der Waals surface area contributed by atoms with Crippen molar-refractivity contribution in [2.75, 3.05) is 0 Å². The van der Waals surface area contributed by atoms with Crippen molar-refractivity contribution in [1.29, 1.82) is 0 Å². The molecule has 0 unspecified atom stereocenters. The van der Waals surface area contributed by atoms with Gasteiger partial charge in [0, 0.05) is 23.1 Å². The lowest BCUT2D eigenvalue weighted by molar-refractivity contribution is -0.131. The number of nitrogens with zero attached hydrogens (tertiary/aromatic N) is 1. The molecule has 0 atom stereocenters. The van der Waals surface area contributed by atoms with Gasteiger partial charge >= 0.3 is 5.97 Å². The van der Waals surface area contributed by atoms with Crippen molar-refractivity contribution >= 4 is 22.9 Å². The van der Waals surface area contributed by atoms with E-state index >= 15 is 0 Å². The Kier molecular flexibility index (Phi) is 5.97. The van der Waals surface area contributed by atoms with Crippen LogP contribution < -0.4 is 4.74 Å². The van der Waals surface area contributed by atoms with Crippen LogP contribution in [0.2, 0.25) is 0 Å². The van der Waals surface area contributed by atoms with Crippen LogP contribution in [0.25, 0.3) is 39.4 Å². The fourth-order valence-corrected chi connectivity index (χ4v) is 3.94. The van der Waals surface area contributed by atoms with Crippen molar-refractivity contribution < 1.29 is 19.7 Å². The molecule has 2 N–H and O–H groups in total. The van der Waals surface area contributed by atoms with Crippen molar-refractivity contribution in [2.24, 2.45) is 0 Å². The van der Waals surface area contributed by atoms with E-state index in [1.807, 2.05) is 60.7 Å². The molecule has 170 valence electrons. The average molecular weight is 460 g/mol. The van der Waals surface area contributed by atoms with Crippen molar-refractivity contribution in [1.82, 2.24) is 4.98 Å². The molecule has 0 radical (unpaired) electrons. The van der Waals surface area contributed by atoms with E-state index in [1.54, 1.807) is 42.5 Å². The maximum absolute atomic E-state index is 10.8. The zero-order chi connectivity index (χ0) is 24.2. The van der Waals surface area contributed by atoms with Gasteiger partial charge in [0.2, 0.25) is 0 Å². The van der Waals surface area contributed by atoms with E-state index in [9.17, 15) is 9.90 Å². The molecule has 5 heteroatoms. The Bertz CT molecular complexity index is 1530. The van der Waals surface area contributed by atoms with E-state index in [0.29, 0.717) is 17.0 Å². The Morgan fingerprint density at radius 1 is 0.800 bits per heavy atom. The second kappa shape index (κ2) is 9.53. The van der Waals surface area contributed by atoms with E-state index in [1.165, 1.54) is 6.08 Å². The quantitative estimate of drug-likeness (QED) is 0.263. The molecule has 0 spiro atoms. The van der Waals surface area contributed by atoms with E-state index in [2.05, 4.69) is 0 Å². The van der Waals surface area contributed by atoms with Crippen molar-refractivity contribution in [3.05, 3.63) is 115 Å². The first-order chi connectivity index (χ1) is 17.1. The highest BCUT2D eigenvalue weighted by molar-refractivity contribution is 5.99. The van der Waals surface area contributed by atoms with Gasteiger partial charge in [-0.25, -0.2) is 9.78 Å². The van der Waals surface area contributed by atoms with Gasteiger partial charge in [0.25, 0.3) is 0 Å². The lowest BCUT2D eigenvalue weighted by Gasteiger charge is -2.18. The Labute approximate surface area is 202 Å². The Balaban J connectivity index is 1.73. The molecule has 0 aliphatic heterocycles. The number of carbonyl (C=O) groups is 1. The van der Waals surface area contributed by atoms with Crippen molar-refractivity contribution in [3.63, 3.8) is 0 Å². The van der Waals surface area contributed by atoms with Crippen LogP contribution in [0.5, 0.6) is 17.2 Å². The summed E-state index contributed by atoms with van der Waals surface area (Å²) in [5.41, 5.74) is 4.81. The lowest BCUT2D eigenvalue weighted by atomic mass is 9.96. The van der Waals surface area contributed by atoms with Gasteiger partial charge in [0.15, 0.2) is 0 Å². The summed E-state index contributed by atoms with van der Waals surface area (Å²) >= 11 is 0. The molecular weight excluding hydrogens is 438 g/mol. The van der Waals surface area contributed by atoms with E-state index in [4.69, 9.17) is 14.8 Å². The van der Waals surface area contributed by atoms with Gasteiger partial charge in [-0.1, -0.05) is 72.8 Å². The molecule has 4 aromatic carbocycles. The predicted octanol–water partition coefficient (Wildman–Crippen LogP) is 7.16. The summed E-state index contributed by atoms with van der Waals surface area (Å²) in [6.45, 7) is 0. The molecule has 1 aromatic heterocycles. The minimum Gasteiger partial charge on any atom is -0.508 e. The number of aliphatic carboxylic acids is 1. The molecular formula is C30H21NO4. The number of aromatic nitrogens is 1. The number of phenolic OH excluding ortho intramolecular Hbond substituents is 1. The van der Waals surface area contributed by atoms with E-state index in [-0.39, 0.29) is 5.75 Å². The fourth-order valence-electron chi connectivity index (χ4n) is 3.94. The van der Waals surface area contributed by atoms with E-state index in [0.717, 1.165) is 39.4 Å². The van der Waals surface area contributed by atoms with Crippen LogP contribution in [0.4, 0.5) is 0 Å². The summed E-state index contributed by atoms with van der Waals surface area (Å²) in [5, 5.41) is 19.8. The third kappa shape index (κ3) is 4.75. The number of benzene rings is 4.